The van der Waals surface area contributed by atoms with Crippen molar-refractivity contribution in [3.8, 4) is 11.5 Å². The number of non-ortho nitro benzene ring substituents is 2. The fourth-order valence-corrected chi connectivity index (χ4v) is 7.27. The number of morpholine rings is 1. The molecular formula is C40H36N6O12S. The van der Waals surface area contributed by atoms with E-state index in [0.717, 1.165) is 28.8 Å². The third-order valence-corrected chi connectivity index (χ3v) is 9.99. The normalized spacial score (nSPS) is 15.6. The molecule has 1 aromatic heterocycles. The molecule has 0 aliphatic carbocycles. The van der Waals surface area contributed by atoms with Gasteiger partial charge in [-0.05, 0) is 41.0 Å². The highest BCUT2D eigenvalue weighted by Gasteiger charge is 2.44. The Kier molecular flexibility index (Phi) is 13.0. The lowest BCUT2D eigenvalue weighted by Gasteiger charge is -2.44. The first-order chi connectivity index (χ1) is 28.4. The van der Waals surface area contributed by atoms with Gasteiger partial charge in [0.15, 0.2) is 17.7 Å². The lowest BCUT2D eigenvalue weighted by molar-refractivity contribution is -0.394. The lowest BCUT2D eigenvalue weighted by Crippen LogP contribution is -2.53. The molecule has 0 bridgehead atoms. The van der Waals surface area contributed by atoms with E-state index in [1.165, 1.54) is 17.2 Å². The molecule has 0 spiro atoms. The minimum absolute atomic E-state index is 0.0158. The Morgan fingerprint density at radius 2 is 1.47 bits per heavy atom. The van der Waals surface area contributed by atoms with Crippen LogP contribution >= 0.6 is 11.8 Å². The molecule has 1 N–H and O–H groups in total. The summed E-state index contributed by atoms with van der Waals surface area (Å²) in [6.07, 6.45) is -1.05. The molecule has 1 amide bonds. The van der Waals surface area contributed by atoms with Crippen LogP contribution in [-0.2, 0) is 19.8 Å². The van der Waals surface area contributed by atoms with Crippen molar-refractivity contribution in [2.24, 2.45) is 4.99 Å². The van der Waals surface area contributed by atoms with Crippen molar-refractivity contribution in [2.75, 3.05) is 33.9 Å². The highest BCUT2D eigenvalue weighted by Crippen LogP contribution is 2.44. The third-order valence-electron chi connectivity index (χ3n) is 8.99. The van der Waals surface area contributed by atoms with Gasteiger partial charge in [0.05, 0.1) is 43.2 Å². The minimum atomic E-state index is -1.46. The minimum Gasteiger partial charge on any atom is -0.497 e. The number of aromatic amines is 1. The van der Waals surface area contributed by atoms with Gasteiger partial charge in [-0.2, -0.15) is 4.99 Å². The number of aromatic nitrogens is 2. The van der Waals surface area contributed by atoms with E-state index >= 15 is 0 Å². The maximum absolute atomic E-state index is 13.3. The first-order valence-corrected chi connectivity index (χ1v) is 18.5. The average molecular weight is 825 g/mol. The number of ether oxygens (including phenoxy) is 5. The van der Waals surface area contributed by atoms with Gasteiger partial charge < -0.3 is 28.6 Å². The molecule has 1 saturated heterocycles. The zero-order valence-electron chi connectivity index (χ0n) is 31.5. The van der Waals surface area contributed by atoms with E-state index in [4.69, 9.17) is 23.7 Å². The topological polar surface area (TPSA) is 220 Å². The Labute approximate surface area is 339 Å². The van der Waals surface area contributed by atoms with Gasteiger partial charge in [-0.1, -0.05) is 79.0 Å². The fraction of sp³-hybridized carbons (Fsp3) is 0.200. The molecule has 19 heteroatoms. The number of nitrogens with zero attached hydrogens (tertiary/aromatic N) is 5. The number of hydrogen-bond acceptors (Lipinski definition) is 13. The molecule has 304 valence electrons. The van der Waals surface area contributed by atoms with Crippen LogP contribution in [-0.4, -0.2) is 75.8 Å². The van der Waals surface area contributed by atoms with Crippen LogP contribution in [0.4, 0.5) is 16.2 Å². The number of nitrogens with one attached hydrogen (secondary N) is 1. The summed E-state index contributed by atoms with van der Waals surface area (Å²) >= 11 is 0.698. The number of H-pyrrole nitrogens is 1. The maximum Gasteiger partial charge on any atom is 0.436 e. The number of nitro benzene ring substituents is 2. The Morgan fingerprint density at radius 3 is 2.00 bits per heavy atom. The number of benzene rings is 4. The summed E-state index contributed by atoms with van der Waals surface area (Å²) in [7, 11) is 3.08. The largest absolute Gasteiger partial charge is 0.497 e. The molecule has 2 heterocycles. The van der Waals surface area contributed by atoms with Gasteiger partial charge in [0, 0.05) is 29.3 Å². The smallest absolute Gasteiger partial charge is 0.436 e. The van der Waals surface area contributed by atoms with Crippen LogP contribution in [0.25, 0.3) is 0 Å². The van der Waals surface area contributed by atoms with E-state index in [9.17, 15) is 34.6 Å². The first-order valence-electron chi connectivity index (χ1n) is 17.7. The van der Waals surface area contributed by atoms with E-state index in [-0.39, 0.29) is 29.8 Å². The number of rotatable bonds is 13. The van der Waals surface area contributed by atoms with E-state index in [2.05, 4.69) is 16.6 Å². The number of aliphatic imine (C=N–C) groups is 1. The number of thioether (sulfide) groups is 1. The standard InChI is InChI=1S/C40H36N6O12S/c1-4-20-56-39(49)42-38(59-33-22-29(45(50)51)21-30(23-33)46(52)53)43-24-35(44-19-18-34(47)41-37(44)48)57-36(25-43)58-40(26-8-6-5-7-9-26,27-10-14-31(54-2)15-11-27)28-12-16-32(55-3)17-13-28/h4-19,21-23,35-36H,1,20,24-25H2,2-3H3,(H,41,47,48)/b42-38+. The van der Waals surface area contributed by atoms with Crippen molar-refractivity contribution in [1.82, 2.24) is 14.5 Å². The molecule has 4 aromatic carbocycles. The predicted molar refractivity (Wildman–Crippen MR) is 215 cm³/mol. The molecular weight excluding hydrogens is 789 g/mol. The SMILES string of the molecule is C=CCOC(=O)/N=C(/Sc1cc([N+](=O)[O-])cc([N+](=O)[O-])c1)N1CC(OC(c2ccccc2)(c2ccc(OC)cc2)c2ccc(OC)cc2)OC(n2ccc(=O)[nH]c2=O)C1. The van der Waals surface area contributed by atoms with Crippen molar-refractivity contribution >= 4 is 34.4 Å². The van der Waals surface area contributed by atoms with Crippen molar-refractivity contribution in [1.29, 1.82) is 0 Å². The summed E-state index contributed by atoms with van der Waals surface area (Å²) in [6.45, 7) is 2.92. The zero-order chi connectivity index (χ0) is 42.1. The van der Waals surface area contributed by atoms with Crippen molar-refractivity contribution in [3.63, 3.8) is 0 Å². The Balaban J connectivity index is 1.54. The summed E-state index contributed by atoms with van der Waals surface area (Å²) in [5, 5.41) is 23.5. The van der Waals surface area contributed by atoms with Gasteiger partial charge in [-0.3, -0.25) is 34.6 Å². The van der Waals surface area contributed by atoms with Crippen molar-refractivity contribution in [2.45, 2.75) is 23.0 Å². The van der Waals surface area contributed by atoms with Crippen LogP contribution in [0, 0.1) is 20.2 Å². The van der Waals surface area contributed by atoms with E-state index in [1.807, 2.05) is 54.6 Å². The quantitative estimate of drug-likeness (QED) is 0.0274. The molecule has 6 rings (SSSR count). The predicted octanol–water partition coefficient (Wildman–Crippen LogP) is 6.01. The number of methoxy groups -OCH3 is 2. The fourth-order valence-electron chi connectivity index (χ4n) is 6.30. The molecule has 2 unspecified atom stereocenters. The molecule has 0 radical (unpaired) electrons. The molecule has 1 aliphatic heterocycles. The maximum atomic E-state index is 13.3. The van der Waals surface area contributed by atoms with Crippen LogP contribution in [0.1, 0.15) is 22.9 Å². The molecule has 1 fully saturated rings. The van der Waals surface area contributed by atoms with Gasteiger partial charge in [0.1, 0.15) is 23.7 Å². The summed E-state index contributed by atoms with van der Waals surface area (Å²) in [5.41, 5.74) is -2.18. The second kappa shape index (κ2) is 18.4. The lowest BCUT2D eigenvalue weighted by atomic mass is 9.80. The van der Waals surface area contributed by atoms with Gasteiger partial charge in [0.2, 0.25) is 0 Å². The van der Waals surface area contributed by atoms with Crippen molar-refractivity contribution < 1.29 is 38.3 Å². The summed E-state index contributed by atoms with van der Waals surface area (Å²) in [6, 6.07) is 27.8. The highest BCUT2D eigenvalue weighted by atomic mass is 32.2. The molecule has 59 heavy (non-hydrogen) atoms. The first kappa shape index (κ1) is 41.5. The number of amides is 1. The molecule has 5 aromatic rings. The van der Waals surface area contributed by atoms with Gasteiger partial charge in [-0.15, -0.1) is 0 Å². The highest BCUT2D eigenvalue weighted by molar-refractivity contribution is 8.13. The van der Waals surface area contributed by atoms with E-state index in [0.29, 0.717) is 40.0 Å². The second-order valence-electron chi connectivity index (χ2n) is 12.6. The average Bonchev–Trinajstić information content (AvgIpc) is 3.24. The van der Waals surface area contributed by atoms with Crippen LogP contribution in [0.3, 0.4) is 0 Å². The van der Waals surface area contributed by atoms with E-state index < -0.39 is 56.7 Å². The molecule has 0 saturated carbocycles. The van der Waals surface area contributed by atoms with Gasteiger partial charge in [0.25, 0.3) is 16.9 Å². The number of carbonyl (C=O) groups is 1. The van der Waals surface area contributed by atoms with Crippen LogP contribution in [0.5, 0.6) is 11.5 Å². The number of carbonyl (C=O) groups excluding carboxylic acids is 1. The van der Waals surface area contributed by atoms with Gasteiger partial charge >= 0.3 is 11.8 Å². The summed E-state index contributed by atoms with van der Waals surface area (Å²) in [4.78, 5) is 68.5. The summed E-state index contributed by atoms with van der Waals surface area (Å²) in [5.74, 6) is 1.15. The molecule has 2 atom stereocenters. The number of amidine groups is 1. The van der Waals surface area contributed by atoms with Crippen molar-refractivity contribution in [3.05, 3.63) is 180 Å². The van der Waals surface area contributed by atoms with Gasteiger partial charge in [-0.25, -0.2) is 9.59 Å². The number of hydrogen-bond donors (Lipinski definition) is 1. The summed E-state index contributed by atoms with van der Waals surface area (Å²) < 4.78 is 31.0. The Hall–Kier alpha value is -7.09. The number of nitro groups is 2. The Morgan fingerprint density at radius 1 is 0.898 bits per heavy atom. The Bertz CT molecular complexity index is 2400. The monoisotopic (exact) mass is 824 g/mol. The van der Waals surface area contributed by atoms with Crippen LogP contribution in [0.2, 0.25) is 0 Å². The molecule has 1 aliphatic rings. The van der Waals surface area contributed by atoms with E-state index in [1.54, 1.807) is 38.5 Å². The molecule has 18 nitrogen and oxygen atoms in total. The zero-order valence-corrected chi connectivity index (χ0v) is 32.3. The second-order valence-corrected chi connectivity index (χ2v) is 13.7. The van der Waals surface area contributed by atoms with Crippen LogP contribution < -0.4 is 20.7 Å². The third kappa shape index (κ3) is 9.55. The van der Waals surface area contributed by atoms with Crippen LogP contribution in [0.15, 0.2) is 141 Å².